The number of pyridine rings is 1. The first-order valence-corrected chi connectivity index (χ1v) is 5.79. The average molecular weight is 265 g/mol. The van der Waals surface area contributed by atoms with Gasteiger partial charge in [-0.25, -0.2) is 9.78 Å². The maximum Gasteiger partial charge on any atom is 0.339 e. The molecule has 0 atom stereocenters. The Bertz CT molecular complexity index is 583. The number of esters is 1. The maximum atomic E-state index is 11.6. The summed E-state index contributed by atoms with van der Waals surface area (Å²) >= 11 is 1.27. The summed E-state index contributed by atoms with van der Waals surface area (Å²) in [4.78, 5) is 16.2. The zero-order valence-electron chi connectivity index (χ0n) is 9.82. The van der Waals surface area contributed by atoms with Crippen LogP contribution in [0.4, 0.5) is 5.82 Å². The smallest absolute Gasteiger partial charge is 0.339 e. The highest BCUT2D eigenvalue weighted by Crippen LogP contribution is 2.29. The van der Waals surface area contributed by atoms with E-state index >= 15 is 0 Å². The third-order valence-electron chi connectivity index (χ3n) is 2.16. The van der Waals surface area contributed by atoms with Crippen molar-refractivity contribution < 1.29 is 9.53 Å². The molecule has 0 radical (unpaired) electrons. The van der Waals surface area contributed by atoms with E-state index in [1.807, 2.05) is 7.05 Å². The van der Waals surface area contributed by atoms with Crippen LogP contribution in [0.25, 0.3) is 0 Å². The Hall–Kier alpha value is -2.09. The summed E-state index contributed by atoms with van der Waals surface area (Å²) in [5, 5.41) is 8.33. The van der Waals surface area contributed by atoms with Crippen molar-refractivity contribution in [1.29, 1.82) is 0 Å². The highest BCUT2D eigenvalue weighted by molar-refractivity contribution is 7.99. The van der Waals surface area contributed by atoms with Crippen molar-refractivity contribution in [2.45, 2.75) is 10.1 Å². The summed E-state index contributed by atoms with van der Waals surface area (Å²) < 4.78 is 6.44. The molecule has 2 rings (SSSR count). The highest BCUT2D eigenvalue weighted by atomic mass is 32.2. The van der Waals surface area contributed by atoms with Crippen LogP contribution in [0.15, 0.2) is 28.6 Å². The molecule has 0 bridgehead atoms. The predicted molar refractivity (Wildman–Crippen MR) is 65.1 cm³/mol. The predicted octanol–water partition coefficient (Wildman–Crippen LogP) is 0.730. The van der Waals surface area contributed by atoms with Gasteiger partial charge < -0.3 is 15.0 Å². The van der Waals surface area contributed by atoms with Crippen molar-refractivity contribution in [3.63, 3.8) is 0 Å². The van der Waals surface area contributed by atoms with Gasteiger partial charge in [0.2, 0.25) is 0 Å². The lowest BCUT2D eigenvalue weighted by Gasteiger charge is -2.07. The fourth-order valence-corrected chi connectivity index (χ4v) is 2.11. The summed E-state index contributed by atoms with van der Waals surface area (Å²) in [5.41, 5.74) is 5.92. The van der Waals surface area contributed by atoms with E-state index in [1.54, 1.807) is 10.9 Å². The minimum atomic E-state index is -0.464. The van der Waals surface area contributed by atoms with E-state index in [4.69, 9.17) is 10.5 Å². The summed E-state index contributed by atoms with van der Waals surface area (Å²) in [5.74, 6) is -0.202. The molecule has 0 aliphatic carbocycles. The molecular formula is C10H11N5O2S. The van der Waals surface area contributed by atoms with E-state index < -0.39 is 5.97 Å². The number of rotatable bonds is 3. The standard InChI is InChI=1S/C10H11N5O2S/c1-15-5-13-14-10(15)18-7-4-12-8(11)3-6(7)9(16)17-2/h3-5H,1-2H3,(H2,11,12). The van der Waals surface area contributed by atoms with Gasteiger partial charge in [-0.1, -0.05) is 0 Å². The van der Waals surface area contributed by atoms with Crippen LogP contribution in [0.2, 0.25) is 0 Å². The molecule has 8 heteroatoms. The molecule has 0 fully saturated rings. The molecule has 0 aromatic carbocycles. The normalized spacial score (nSPS) is 10.3. The first-order chi connectivity index (χ1) is 8.61. The van der Waals surface area contributed by atoms with Crippen molar-refractivity contribution in [2.24, 2.45) is 7.05 Å². The van der Waals surface area contributed by atoms with Gasteiger partial charge in [0.1, 0.15) is 12.1 Å². The molecule has 0 aliphatic rings. The van der Waals surface area contributed by atoms with E-state index in [0.29, 0.717) is 15.6 Å². The van der Waals surface area contributed by atoms with Gasteiger partial charge in [-0.3, -0.25) is 0 Å². The number of carbonyl (C=O) groups excluding carboxylic acids is 1. The Morgan fingerprint density at radius 1 is 1.56 bits per heavy atom. The Kier molecular flexibility index (Phi) is 3.47. The Labute approximate surface area is 107 Å². The van der Waals surface area contributed by atoms with Gasteiger partial charge in [0.25, 0.3) is 0 Å². The highest BCUT2D eigenvalue weighted by Gasteiger charge is 2.16. The molecule has 0 aliphatic heterocycles. The lowest BCUT2D eigenvalue weighted by atomic mass is 10.2. The van der Waals surface area contributed by atoms with Crippen LogP contribution >= 0.6 is 11.8 Å². The number of hydrogen-bond donors (Lipinski definition) is 1. The number of aromatic nitrogens is 4. The topological polar surface area (TPSA) is 95.9 Å². The molecule has 2 aromatic heterocycles. The summed E-state index contributed by atoms with van der Waals surface area (Å²) in [7, 11) is 3.13. The molecule has 7 nitrogen and oxygen atoms in total. The lowest BCUT2D eigenvalue weighted by molar-refractivity contribution is 0.0596. The molecular weight excluding hydrogens is 254 g/mol. The van der Waals surface area contributed by atoms with Gasteiger partial charge in [-0.15, -0.1) is 10.2 Å². The molecule has 0 spiro atoms. The van der Waals surface area contributed by atoms with E-state index in [0.717, 1.165) is 0 Å². The fraction of sp³-hybridized carbons (Fsp3) is 0.200. The van der Waals surface area contributed by atoms with Crippen LogP contribution in [0.1, 0.15) is 10.4 Å². The third-order valence-corrected chi connectivity index (χ3v) is 3.26. The maximum absolute atomic E-state index is 11.6. The Balaban J connectivity index is 2.38. The summed E-state index contributed by atoms with van der Waals surface area (Å²) in [6, 6.07) is 1.48. The van der Waals surface area contributed by atoms with Crippen molar-refractivity contribution >= 4 is 23.5 Å². The van der Waals surface area contributed by atoms with Crippen molar-refractivity contribution in [2.75, 3.05) is 12.8 Å². The van der Waals surface area contributed by atoms with Gasteiger partial charge in [0.15, 0.2) is 5.16 Å². The van der Waals surface area contributed by atoms with Crippen molar-refractivity contribution in [3.8, 4) is 0 Å². The fourth-order valence-electron chi connectivity index (χ4n) is 1.27. The van der Waals surface area contributed by atoms with E-state index in [-0.39, 0.29) is 5.82 Å². The molecule has 2 N–H and O–H groups in total. The number of nitrogens with two attached hydrogens (primary N) is 1. The van der Waals surface area contributed by atoms with Crippen LogP contribution in [-0.2, 0) is 11.8 Å². The summed E-state index contributed by atoms with van der Waals surface area (Å²) in [6.45, 7) is 0. The first-order valence-electron chi connectivity index (χ1n) is 4.97. The number of nitrogens with zero attached hydrogens (tertiary/aromatic N) is 4. The molecule has 0 amide bonds. The number of hydrogen-bond acceptors (Lipinski definition) is 7. The second-order valence-corrected chi connectivity index (χ2v) is 4.43. The molecule has 18 heavy (non-hydrogen) atoms. The van der Waals surface area contributed by atoms with Crippen molar-refractivity contribution in [3.05, 3.63) is 24.2 Å². The van der Waals surface area contributed by atoms with Gasteiger partial charge in [-0.05, 0) is 17.8 Å². The molecule has 0 saturated heterocycles. The molecule has 94 valence electrons. The molecule has 2 heterocycles. The zero-order valence-corrected chi connectivity index (χ0v) is 10.6. The van der Waals surface area contributed by atoms with Gasteiger partial charge >= 0.3 is 5.97 Å². The first kappa shape index (κ1) is 12.4. The quantitative estimate of drug-likeness (QED) is 0.817. The monoisotopic (exact) mass is 265 g/mol. The number of nitrogen functional groups attached to an aromatic ring is 1. The van der Waals surface area contributed by atoms with Crippen molar-refractivity contribution in [1.82, 2.24) is 19.7 Å². The van der Waals surface area contributed by atoms with Gasteiger partial charge in [0.05, 0.1) is 12.7 Å². The number of carbonyl (C=O) groups is 1. The second kappa shape index (κ2) is 5.05. The lowest BCUT2D eigenvalue weighted by Crippen LogP contribution is -2.05. The van der Waals surface area contributed by atoms with Crippen LogP contribution in [0.5, 0.6) is 0 Å². The average Bonchev–Trinajstić information content (AvgIpc) is 2.76. The van der Waals surface area contributed by atoms with E-state index in [1.165, 1.54) is 31.1 Å². The van der Waals surface area contributed by atoms with Gasteiger partial charge in [-0.2, -0.15) is 0 Å². The number of ether oxygens (including phenoxy) is 1. The minimum Gasteiger partial charge on any atom is -0.465 e. The molecule has 0 saturated carbocycles. The van der Waals surface area contributed by atoms with Gasteiger partial charge in [0, 0.05) is 18.1 Å². The summed E-state index contributed by atoms with van der Waals surface area (Å²) in [6.07, 6.45) is 3.09. The van der Waals surface area contributed by atoms with E-state index in [2.05, 4.69) is 15.2 Å². The number of anilines is 1. The second-order valence-electron chi connectivity index (χ2n) is 3.42. The van der Waals surface area contributed by atoms with Crippen LogP contribution in [-0.4, -0.2) is 32.8 Å². The van der Waals surface area contributed by atoms with Crippen LogP contribution < -0.4 is 5.73 Å². The SMILES string of the molecule is COC(=O)c1cc(N)ncc1Sc1nncn1C. The minimum absolute atomic E-state index is 0.262. The Morgan fingerprint density at radius 3 is 2.94 bits per heavy atom. The van der Waals surface area contributed by atoms with Crippen LogP contribution in [0, 0.1) is 0 Å². The molecule has 0 unspecified atom stereocenters. The van der Waals surface area contributed by atoms with E-state index in [9.17, 15) is 4.79 Å². The number of aryl methyl sites for hydroxylation is 1. The third kappa shape index (κ3) is 2.43. The zero-order chi connectivity index (χ0) is 13.1. The number of methoxy groups -OCH3 is 1. The molecule has 2 aromatic rings. The van der Waals surface area contributed by atoms with Crippen LogP contribution in [0.3, 0.4) is 0 Å². The Morgan fingerprint density at radius 2 is 2.33 bits per heavy atom. The largest absolute Gasteiger partial charge is 0.465 e.